The summed E-state index contributed by atoms with van der Waals surface area (Å²) in [5, 5.41) is 2.68. The van der Waals surface area contributed by atoms with Gasteiger partial charge in [0.15, 0.2) is 6.04 Å². The van der Waals surface area contributed by atoms with E-state index in [4.69, 9.17) is 9.47 Å². The molecule has 0 unspecified atom stereocenters. The van der Waals surface area contributed by atoms with Crippen molar-refractivity contribution in [2.75, 3.05) is 6.54 Å². The fourth-order valence-corrected chi connectivity index (χ4v) is 7.32. The van der Waals surface area contributed by atoms with Gasteiger partial charge < -0.3 is 30.0 Å². The number of carbonyl (C=O) groups excluding carboxylic acids is 4. The molecule has 2 aliphatic carbocycles. The van der Waals surface area contributed by atoms with Crippen LogP contribution in [-0.2, 0) is 29.1 Å². The molecule has 1 saturated heterocycles. The van der Waals surface area contributed by atoms with Crippen LogP contribution in [0.25, 0.3) is 16.3 Å². The highest BCUT2D eigenvalue weighted by molar-refractivity contribution is 7.94. The van der Waals surface area contributed by atoms with Crippen LogP contribution >= 0.6 is 0 Å². The molecule has 5 atom stereocenters. The Bertz CT molecular complexity index is 2060. The summed E-state index contributed by atoms with van der Waals surface area (Å²) in [6.45, 7) is 13.1. The molecule has 0 radical (unpaired) electrons. The number of aromatic nitrogens is 1. The normalized spacial score (nSPS) is 23.1. The summed E-state index contributed by atoms with van der Waals surface area (Å²) in [6, 6.07) is 2.25. The van der Waals surface area contributed by atoms with Crippen molar-refractivity contribution >= 4 is 44.6 Å². The van der Waals surface area contributed by atoms with Gasteiger partial charge in [-0.1, -0.05) is 39.0 Å². The van der Waals surface area contributed by atoms with Gasteiger partial charge in [-0.15, -0.1) is 19.8 Å². The Morgan fingerprint density at radius 1 is 1.11 bits per heavy atom. The summed E-state index contributed by atoms with van der Waals surface area (Å²) < 4.78 is 82.4. The number of alkyl carbamates (subject to hydrolysis) is 1. The zero-order valence-electron chi connectivity index (χ0n) is 30.4. The maximum absolute atomic E-state index is 14.4. The van der Waals surface area contributed by atoms with E-state index in [1.54, 1.807) is 41.5 Å². The number of rotatable bonds is 11. The van der Waals surface area contributed by atoms with Crippen molar-refractivity contribution in [1.82, 2.24) is 19.9 Å². The Balaban J connectivity index is 1.50. The third-order valence-corrected chi connectivity index (χ3v) is 10.5. The lowest BCUT2D eigenvalue weighted by Gasteiger charge is -2.35. The fraction of sp³-hybridized carbons (Fsp3) is 0.514. The van der Waals surface area contributed by atoms with Crippen LogP contribution in [0.2, 0.25) is 0 Å². The molecule has 2 fully saturated rings. The average Bonchev–Trinajstić information content (AvgIpc) is 3.97. The van der Waals surface area contributed by atoms with Gasteiger partial charge in [0, 0.05) is 36.2 Å². The predicted molar refractivity (Wildman–Crippen MR) is 185 cm³/mol. The number of pyridine rings is 1. The topological polar surface area (TPSA) is 196 Å². The number of nitrogens with zero attached hydrogens (tertiary/aromatic N) is 4. The molecule has 292 valence electrons. The van der Waals surface area contributed by atoms with Gasteiger partial charge in [-0.2, -0.15) is 0 Å². The van der Waals surface area contributed by atoms with Crippen LogP contribution in [0.5, 0.6) is 11.6 Å². The summed E-state index contributed by atoms with van der Waals surface area (Å²) >= 11 is 0. The molecule has 1 saturated carbocycles. The van der Waals surface area contributed by atoms with E-state index in [1.165, 1.54) is 36.5 Å². The highest BCUT2D eigenvalue weighted by atomic mass is 32.2. The van der Waals surface area contributed by atoms with E-state index >= 15 is 0 Å². The van der Waals surface area contributed by atoms with Crippen molar-refractivity contribution in [3.63, 3.8) is 0 Å². The maximum Gasteiger partial charge on any atom is 0.573 e. The number of nitrogens with one attached hydrogen (secondary N) is 2. The fourth-order valence-electron chi connectivity index (χ4n) is 6.25. The molecule has 4 amide bonds. The number of allylic oxidation sites excluding steroid dienone is 2. The lowest BCUT2D eigenvalue weighted by atomic mass is 9.85. The maximum atomic E-state index is 14.4. The minimum absolute atomic E-state index is 0.00309. The van der Waals surface area contributed by atoms with Crippen molar-refractivity contribution in [2.24, 2.45) is 11.3 Å². The van der Waals surface area contributed by atoms with E-state index in [0.29, 0.717) is 0 Å². The number of hydrogen-bond acceptors (Lipinski definition) is 10. The number of ether oxygens (including phenoxy) is 3. The highest BCUT2D eigenvalue weighted by Gasteiger charge is 2.70. The lowest BCUT2D eigenvalue weighted by Crippen LogP contribution is -2.59. The number of fused-ring (bicyclic) bond motifs is 1. The van der Waals surface area contributed by atoms with Gasteiger partial charge in [-0.25, -0.2) is 32.4 Å². The number of halogens is 3. The van der Waals surface area contributed by atoms with Gasteiger partial charge >= 0.3 is 24.3 Å². The molecule has 54 heavy (non-hydrogen) atoms. The zero-order valence-corrected chi connectivity index (χ0v) is 31.2. The molecule has 3 aliphatic rings. The van der Waals surface area contributed by atoms with Gasteiger partial charge in [-0.05, 0) is 44.4 Å². The van der Waals surface area contributed by atoms with Crippen LogP contribution in [0.1, 0.15) is 60.8 Å². The molecule has 5 rings (SSSR count). The molecule has 15 nitrogen and oxygen atoms in total. The third kappa shape index (κ3) is 8.50. The lowest BCUT2D eigenvalue weighted by molar-refractivity contribution is -0.513. The first-order valence-corrected chi connectivity index (χ1v) is 18.4. The van der Waals surface area contributed by atoms with Crippen molar-refractivity contribution in [3.05, 3.63) is 59.6 Å². The number of likely N-dealkylation sites (tertiary alicyclic amines) is 1. The Labute approximate surface area is 309 Å². The van der Waals surface area contributed by atoms with Gasteiger partial charge in [0.1, 0.15) is 23.5 Å². The minimum atomic E-state index is -4.99. The standard InChI is InChI=1S/C35H41F3N6O9S/c1-8-19-17-34(19,30(47)42-54(49,50)21-12-13-21)44(39)28(45)24-16-20(18-43(24)29(46)26(32(2,3)4)41-31(48)53-33(5,6)7)51-27-23-10-9-11-25(52-35(36,37)38)22(23)14-15-40-27/h8-12,14-15,19-20,24,26H,1,13,16-18H2,2-7H3,(H,41,48)(H,42,47)/t19-,20-,24+,26-,34-/m1/s1. The van der Waals surface area contributed by atoms with E-state index < -0.39 is 86.6 Å². The van der Waals surface area contributed by atoms with Crippen LogP contribution < -0.4 is 19.5 Å². The van der Waals surface area contributed by atoms with E-state index in [-0.39, 0.29) is 52.1 Å². The molecule has 2 aromatic rings. The molecule has 2 heterocycles. The molecular formula is C35H41F3N6O9S. The molecule has 1 aromatic heterocycles. The molecule has 2 N–H and O–H groups in total. The highest BCUT2D eigenvalue weighted by Crippen LogP contribution is 2.49. The van der Waals surface area contributed by atoms with E-state index in [1.807, 2.05) is 4.72 Å². The van der Waals surface area contributed by atoms with Crippen LogP contribution in [0, 0.1) is 11.3 Å². The number of sulfonamides is 1. The SMILES string of the molecule is C=C[C@@H]1C[C@@]1(C(=O)NS(=O)(=O)C1=CC1)[N+](=[N-])C(=O)[C@@H]1C[C@@H](Oc2nccc3c(OC(F)(F)F)cccc23)CN1C(=O)[C@@H](NC(=O)OC(C)(C)C)C(C)(C)C. The summed E-state index contributed by atoms with van der Waals surface area (Å²) in [4.78, 5) is 60.3. The molecular weight excluding hydrogens is 737 g/mol. The Kier molecular flexibility index (Phi) is 10.4. The van der Waals surface area contributed by atoms with Crippen LogP contribution in [0.3, 0.4) is 0 Å². The smallest absolute Gasteiger partial charge is 0.496 e. The predicted octanol–water partition coefficient (Wildman–Crippen LogP) is 4.66. The molecule has 0 spiro atoms. The third-order valence-electron chi connectivity index (χ3n) is 9.03. The van der Waals surface area contributed by atoms with Crippen LogP contribution in [0.4, 0.5) is 18.0 Å². The number of benzene rings is 1. The first-order chi connectivity index (χ1) is 24.9. The first kappa shape index (κ1) is 40.1. The summed E-state index contributed by atoms with van der Waals surface area (Å²) in [5.74, 6) is -4.70. The molecule has 1 aliphatic heterocycles. The first-order valence-electron chi connectivity index (χ1n) is 16.9. The van der Waals surface area contributed by atoms with Gasteiger partial charge in [0.25, 0.3) is 10.0 Å². The van der Waals surface area contributed by atoms with Crippen molar-refractivity contribution in [3.8, 4) is 11.6 Å². The second kappa shape index (κ2) is 14.0. The van der Waals surface area contributed by atoms with Gasteiger partial charge in [-0.3, -0.25) is 9.59 Å². The van der Waals surface area contributed by atoms with Crippen molar-refractivity contribution in [1.29, 1.82) is 0 Å². The zero-order chi connectivity index (χ0) is 40.2. The second-order valence-corrected chi connectivity index (χ2v) is 17.1. The van der Waals surface area contributed by atoms with Gasteiger partial charge in [0.05, 0.1) is 17.4 Å². The summed E-state index contributed by atoms with van der Waals surface area (Å²) in [7, 11) is -4.23. The van der Waals surface area contributed by atoms with E-state index in [9.17, 15) is 46.3 Å². The number of alkyl halides is 3. The van der Waals surface area contributed by atoms with Crippen molar-refractivity contribution < 1.29 is 59.7 Å². The Morgan fingerprint density at radius 2 is 1.78 bits per heavy atom. The van der Waals surface area contributed by atoms with Crippen LogP contribution in [-0.4, -0.2) is 89.0 Å². The van der Waals surface area contributed by atoms with Crippen molar-refractivity contribution in [2.45, 2.75) is 96.5 Å². The molecule has 1 aromatic carbocycles. The monoisotopic (exact) mass is 778 g/mol. The number of carbonyl (C=O) groups is 4. The second-order valence-electron chi connectivity index (χ2n) is 15.4. The van der Waals surface area contributed by atoms with E-state index in [2.05, 4.69) is 21.6 Å². The largest absolute Gasteiger partial charge is 0.573 e. The Morgan fingerprint density at radius 3 is 2.33 bits per heavy atom. The van der Waals surface area contributed by atoms with Crippen LogP contribution in [0.15, 0.2) is 54.1 Å². The number of hydrogen-bond donors (Lipinski definition) is 2. The number of amides is 4. The van der Waals surface area contributed by atoms with E-state index in [0.717, 1.165) is 11.0 Å². The van der Waals surface area contributed by atoms with Gasteiger partial charge in [0.2, 0.25) is 17.3 Å². The minimum Gasteiger partial charge on any atom is -0.496 e. The molecule has 19 heteroatoms. The summed E-state index contributed by atoms with van der Waals surface area (Å²) in [6.07, 6.45) is -3.54. The summed E-state index contributed by atoms with van der Waals surface area (Å²) in [5.41, 5.74) is 7.48. The Hall–Kier alpha value is -5.07. The molecule has 0 bridgehead atoms. The average molecular weight is 779 g/mol. The quantitative estimate of drug-likeness (QED) is 0.184.